The molecule has 0 atom stereocenters. The average Bonchev–Trinajstić information content (AvgIpc) is 3.10. The molecule has 2 heterocycles. The first-order chi connectivity index (χ1) is 14.2. The van der Waals surface area contributed by atoms with Gasteiger partial charge >= 0.3 is 0 Å². The van der Waals surface area contributed by atoms with Gasteiger partial charge in [0.1, 0.15) is 5.82 Å². The average molecular weight is 384 g/mol. The molecule has 4 aromatic rings. The Bertz CT molecular complexity index is 1100. The van der Waals surface area contributed by atoms with Crippen LogP contribution >= 0.6 is 0 Å². The van der Waals surface area contributed by atoms with Crippen LogP contribution in [0.2, 0.25) is 0 Å². The van der Waals surface area contributed by atoms with Crippen LogP contribution in [-0.2, 0) is 19.5 Å². The van der Waals surface area contributed by atoms with Crippen molar-refractivity contribution in [3.05, 3.63) is 95.6 Å². The summed E-state index contributed by atoms with van der Waals surface area (Å²) in [7, 11) is 0. The molecule has 2 aromatic carbocycles. The molecule has 0 bridgehead atoms. The molecule has 2 aromatic heterocycles. The molecule has 0 radical (unpaired) electrons. The second-order valence-electron chi connectivity index (χ2n) is 7.06. The van der Waals surface area contributed by atoms with E-state index in [4.69, 9.17) is 4.98 Å². The number of rotatable bonds is 7. The second kappa shape index (κ2) is 8.69. The standard InChI is InChI=1S/C24H24N4O/c1-2-8-23-27-21-13-12-19(24(29)26-16-20-11-6-7-14-25-20)15-22(21)28(23)17-18-9-4-3-5-10-18/h3-7,9-15H,2,8,16-17H2,1H3,(H,26,29). The molecular formula is C24H24N4O. The Kier molecular flexibility index (Phi) is 5.66. The van der Waals surface area contributed by atoms with Gasteiger partial charge in [-0.05, 0) is 42.3 Å². The summed E-state index contributed by atoms with van der Waals surface area (Å²) in [6.45, 7) is 3.30. The number of carbonyl (C=O) groups excluding carboxylic acids is 1. The lowest BCUT2D eigenvalue weighted by molar-refractivity contribution is 0.0950. The number of pyridine rings is 1. The normalized spacial score (nSPS) is 10.9. The fraction of sp³-hybridized carbons (Fsp3) is 0.208. The van der Waals surface area contributed by atoms with Crippen LogP contribution in [0, 0.1) is 0 Å². The summed E-state index contributed by atoms with van der Waals surface area (Å²) >= 11 is 0. The Hall–Kier alpha value is -3.47. The predicted octanol–water partition coefficient (Wildman–Crippen LogP) is 4.36. The third-order valence-electron chi connectivity index (χ3n) is 4.90. The van der Waals surface area contributed by atoms with Gasteiger partial charge in [-0.25, -0.2) is 4.98 Å². The SMILES string of the molecule is CCCc1nc2ccc(C(=O)NCc3ccccn3)cc2n1Cc1ccccc1. The minimum absolute atomic E-state index is 0.109. The highest BCUT2D eigenvalue weighted by Crippen LogP contribution is 2.21. The number of nitrogens with one attached hydrogen (secondary N) is 1. The topological polar surface area (TPSA) is 59.8 Å². The number of hydrogen-bond donors (Lipinski definition) is 1. The number of carbonyl (C=O) groups is 1. The van der Waals surface area contributed by atoms with Gasteiger partial charge < -0.3 is 9.88 Å². The summed E-state index contributed by atoms with van der Waals surface area (Å²) < 4.78 is 2.23. The second-order valence-corrected chi connectivity index (χ2v) is 7.06. The van der Waals surface area contributed by atoms with Gasteiger partial charge in [0.15, 0.2) is 0 Å². The number of benzene rings is 2. The van der Waals surface area contributed by atoms with E-state index in [-0.39, 0.29) is 5.91 Å². The van der Waals surface area contributed by atoms with Gasteiger partial charge in [0.05, 0.1) is 23.3 Å². The smallest absolute Gasteiger partial charge is 0.251 e. The van der Waals surface area contributed by atoms with Crippen molar-refractivity contribution in [2.45, 2.75) is 32.9 Å². The van der Waals surface area contributed by atoms with E-state index < -0.39 is 0 Å². The van der Waals surface area contributed by atoms with Crippen LogP contribution in [0.25, 0.3) is 11.0 Å². The highest BCUT2D eigenvalue weighted by molar-refractivity contribution is 5.97. The molecule has 0 aliphatic heterocycles. The van der Waals surface area contributed by atoms with Crippen molar-refractivity contribution in [1.29, 1.82) is 0 Å². The van der Waals surface area contributed by atoms with Crippen molar-refractivity contribution in [3.63, 3.8) is 0 Å². The minimum atomic E-state index is -0.109. The molecule has 0 unspecified atom stereocenters. The van der Waals surface area contributed by atoms with Crippen LogP contribution in [0.5, 0.6) is 0 Å². The van der Waals surface area contributed by atoms with E-state index in [1.807, 2.05) is 54.6 Å². The van der Waals surface area contributed by atoms with Crippen molar-refractivity contribution in [3.8, 4) is 0 Å². The lowest BCUT2D eigenvalue weighted by Gasteiger charge is -2.10. The molecule has 4 rings (SSSR count). The molecule has 0 saturated heterocycles. The predicted molar refractivity (Wildman–Crippen MR) is 115 cm³/mol. The Morgan fingerprint density at radius 1 is 1.03 bits per heavy atom. The Balaban J connectivity index is 1.63. The van der Waals surface area contributed by atoms with Gasteiger partial charge in [-0.2, -0.15) is 0 Å². The van der Waals surface area contributed by atoms with Crippen LogP contribution in [0.4, 0.5) is 0 Å². The first-order valence-corrected chi connectivity index (χ1v) is 9.96. The molecule has 1 N–H and O–H groups in total. The number of hydrogen-bond acceptors (Lipinski definition) is 3. The highest BCUT2D eigenvalue weighted by Gasteiger charge is 2.14. The Morgan fingerprint density at radius 3 is 2.62 bits per heavy atom. The number of imidazole rings is 1. The summed E-state index contributed by atoms with van der Waals surface area (Å²) in [6.07, 6.45) is 3.66. The van der Waals surface area contributed by atoms with Gasteiger partial charge in [-0.15, -0.1) is 0 Å². The molecule has 5 heteroatoms. The molecule has 29 heavy (non-hydrogen) atoms. The molecule has 0 aliphatic carbocycles. The molecule has 0 saturated carbocycles. The molecule has 1 amide bonds. The Morgan fingerprint density at radius 2 is 1.86 bits per heavy atom. The van der Waals surface area contributed by atoms with E-state index >= 15 is 0 Å². The van der Waals surface area contributed by atoms with Crippen molar-refractivity contribution in [2.75, 3.05) is 0 Å². The van der Waals surface area contributed by atoms with Crippen molar-refractivity contribution in [1.82, 2.24) is 19.9 Å². The molecule has 0 aliphatic rings. The molecule has 0 fully saturated rings. The van der Waals surface area contributed by atoms with Gasteiger partial charge in [-0.3, -0.25) is 9.78 Å². The number of amides is 1. The third kappa shape index (κ3) is 4.35. The van der Waals surface area contributed by atoms with Crippen LogP contribution < -0.4 is 5.32 Å². The zero-order chi connectivity index (χ0) is 20.1. The number of aromatic nitrogens is 3. The number of aryl methyl sites for hydroxylation is 1. The molecule has 5 nitrogen and oxygen atoms in total. The summed E-state index contributed by atoms with van der Waals surface area (Å²) in [5.41, 5.74) is 4.59. The maximum atomic E-state index is 12.7. The van der Waals surface area contributed by atoms with Gasteiger partial charge in [0.25, 0.3) is 5.91 Å². The van der Waals surface area contributed by atoms with E-state index in [0.717, 1.165) is 41.9 Å². The maximum absolute atomic E-state index is 12.7. The van der Waals surface area contributed by atoms with Crippen molar-refractivity contribution >= 4 is 16.9 Å². The summed E-state index contributed by atoms with van der Waals surface area (Å²) in [6, 6.07) is 21.7. The van der Waals surface area contributed by atoms with Crippen molar-refractivity contribution < 1.29 is 4.79 Å². The quantitative estimate of drug-likeness (QED) is 0.515. The van der Waals surface area contributed by atoms with E-state index in [0.29, 0.717) is 12.1 Å². The van der Waals surface area contributed by atoms with E-state index in [1.165, 1.54) is 5.56 Å². The van der Waals surface area contributed by atoms with E-state index in [2.05, 4.69) is 33.9 Å². The van der Waals surface area contributed by atoms with Crippen LogP contribution in [0.15, 0.2) is 72.9 Å². The summed E-state index contributed by atoms with van der Waals surface area (Å²) in [5, 5.41) is 2.95. The van der Waals surface area contributed by atoms with Crippen molar-refractivity contribution in [2.24, 2.45) is 0 Å². The third-order valence-corrected chi connectivity index (χ3v) is 4.90. The number of fused-ring (bicyclic) bond motifs is 1. The fourth-order valence-corrected chi connectivity index (χ4v) is 3.45. The molecule has 0 spiro atoms. The fourth-order valence-electron chi connectivity index (χ4n) is 3.45. The van der Waals surface area contributed by atoms with Crippen LogP contribution in [0.1, 0.15) is 40.8 Å². The first-order valence-electron chi connectivity index (χ1n) is 9.96. The zero-order valence-corrected chi connectivity index (χ0v) is 16.5. The minimum Gasteiger partial charge on any atom is -0.346 e. The van der Waals surface area contributed by atoms with E-state index in [1.54, 1.807) is 6.20 Å². The largest absolute Gasteiger partial charge is 0.346 e. The van der Waals surface area contributed by atoms with Crippen LogP contribution in [-0.4, -0.2) is 20.4 Å². The molecule has 146 valence electrons. The monoisotopic (exact) mass is 384 g/mol. The van der Waals surface area contributed by atoms with Gasteiger partial charge in [-0.1, -0.05) is 43.3 Å². The van der Waals surface area contributed by atoms with Gasteiger partial charge in [0.2, 0.25) is 0 Å². The maximum Gasteiger partial charge on any atom is 0.251 e. The van der Waals surface area contributed by atoms with Crippen LogP contribution in [0.3, 0.4) is 0 Å². The Labute approximate surface area is 170 Å². The lowest BCUT2D eigenvalue weighted by atomic mass is 10.1. The first kappa shape index (κ1) is 18.9. The van der Waals surface area contributed by atoms with E-state index in [9.17, 15) is 4.79 Å². The number of nitrogens with zero attached hydrogens (tertiary/aromatic N) is 3. The summed E-state index contributed by atoms with van der Waals surface area (Å²) in [5.74, 6) is 0.944. The van der Waals surface area contributed by atoms with Gasteiger partial charge in [0, 0.05) is 24.7 Å². The lowest BCUT2D eigenvalue weighted by Crippen LogP contribution is -2.23. The highest BCUT2D eigenvalue weighted by atomic mass is 16.1. The molecular weight excluding hydrogens is 360 g/mol. The zero-order valence-electron chi connectivity index (χ0n) is 16.5. The summed E-state index contributed by atoms with van der Waals surface area (Å²) in [4.78, 5) is 21.8.